The molecule has 0 spiro atoms. The van der Waals surface area contributed by atoms with Gasteiger partial charge < -0.3 is 10.6 Å². The Kier molecular flexibility index (Phi) is 5.25. The van der Waals surface area contributed by atoms with Gasteiger partial charge in [0.1, 0.15) is 5.82 Å². The zero-order chi connectivity index (χ0) is 15.9. The molecule has 4 nitrogen and oxygen atoms in total. The molecule has 0 aliphatic carbocycles. The molecule has 2 N–H and O–H groups in total. The summed E-state index contributed by atoms with van der Waals surface area (Å²) in [4.78, 5) is 23.2. The summed E-state index contributed by atoms with van der Waals surface area (Å²) in [6, 6.07) is 13.0. The second kappa shape index (κ2) is 7.36. The van der Waals surface area contributed by atoms with Crippen LogP contribution in [0.15, 0.2) is 48.5 Å². The summed E-state index contributed by atoms with van der Waals surface area (Å²) in [6.07, 6.45) is 1.04. The molecule has 2 amide bonds. The minimum atomic E-state index is -0.554. The van der Waals surface area contributed by atoms with Crippen LogP contribution in [0.5, 0.6) is 0 Å². The van der Waals surface area contributed by atoms with Crippen LogP contribution in [0.1, 0.15) is 22.3 Å². The molecule has 0 aliphatic heterocycles. The van der Waals surface area contributed by atoms with Crippen LogP contribution in [0, 0.1) is 5.82 Å². The Morgan fingerprint density at radius 2 is 1.73 bits per heavy atom. The molecule has 0 heterocycles. The van der Waals surface area contributed by atoms with Gasteiger partial charge in [0, 0.05) is 19.2 Å². The van der Waals surface area contributed by atoms with Crippen LogP contribution in [0.4, 0.5) is 10.1 Å². The van der Waals surface area contributed by atoms with E-state index in [-0.39, 0.29) is 11.5 Å². The predicted octanol–water partition coefficient (Wildman–Crippen LogP) is 2.76. The topological polar surface area (TPSA) is 58.2 Å². The number of amides is 2. The number of nitrogens with one attached hydrogen (secondary N) is 2. The van der Waals surface area contributed by atoms with Gasteiger partial charge in [0.2, 0.25) is 5.91 Å². The van der Waals surface area contributed by atoms with Crippen LogP contribution >= 0.6 is 0 Å². The van der Waals surface area contributed by atoms with E-state index in [9.17, 15) is 14.0 Å². The van der Waals surface area contributed by atoms with E-state index in [0.29, 0.717) is 18.5 Å². The maximum absolute atomic E-state index is 13.5. The molecular formula is C17H17FN2O2. The Balaban J connectivity index is 1.98. The van der Waals surface area contributed by atoms with Crippen molar-refractivity contribution in [3.63, 3.8) is 0 Å². The molecule has 5 heteroatoms. The van der Waals surface area contributed by atoms with Gasteiger partial charge in [-0.3, -0.25) is 9.59 Å². The number of benzene rings is 2. The zero-order valence-corrected chi connectivity index (χ0v) is 12.2. The van der Waals surface area contributed by atoms with Crippen LogP contribution in [-0.2, 0) is 11.2 Å². The average Bonchev–Trinajstić information content (AvgIpc) is 2.54. The van der Waals surface area contributed by atoms with Crippen molar-refractivity contribution in [3.05, 3.63) is 65.5 Å². The SMILES string of the molecule is CNC(=O)CCc1ccc(NC(=O)c2ccccc2F)cc1. The number of anilines is 1. The van der Waals surface area contributed by atoms with E-state index in [1.54, 1.807) is 25.2 Å². The molecular weight excluding hydrogens is 283 g/mol. The van der Waals surface area contributed by atoms with Crippen LogP contribution in [0.25, 0.3) is 0 Å². The fourth-order valence-electron chi connectivity index (χ4n) is 1.98. The first-order valence-electron chi connectivity index (χ1n) is 6.95. The monoisotopic (exact) mass is 300 g/mol. The Hall–Kier alpha value is -2.69. The van der Waals surface area contributed by atoms with Crippen molar-refractivity contribution >= 4 is 17.5 Å². The third kappa shape index (κ3) is 4.15. The number of rotatable bonds is 5. The second-order valence-electron chi connectivity index (χ2n) is 4.80. The molecule has 114 valence electrons. The summed E-state index contributed by atoms with van der Waals surface area (Å²) in [5, 5.41) is 5.21. The smallest absolute Gasteiger partial charge is 0.258 e. The minimum absolute atomic E-state index is 0.00573. The molecule has 0 aliphatic rings. The molecule has 2 aromatic rings. The molecule has 0 aromatic heterocycles. The van der Waals surface area contributed by atoms with E-state index in [0.717, 1.165) is 5.56 Å². The minimum Gasteiger partial charge on any atom is -0.359 e. The lowest BCUT2D eigenvalue weighted by atomic mass is 10.1. The largest absolute Gasteiger partial charge is 0.359 e. The van der Waals surface area contributed by atoms with E-state index in [2.05, 4.69) is 10.6 Å². The first kappa shape index (κ1) is 15.7. The predicted molar refractivity (Wildman–Crippen MR) is 83.2 cm³/mol. The Labute approximate surface area is 128 Å². The highest BCUT2D eigenvalue weighted by Crippen LogP contribution is 2.14. The molecule has 0 fully saturated rings. The van der Waals surface area contributed by atoms with E-state index in [1.165, 1.54) is 18.2 Å². The number of carbonyl (C=O) groups excluding carboxylic acids is 2. The van der Waals surface area contributed by atoms with Gasteiger partial charge >= 0.3 is 0 Å². The van der Waals surface area contributed by atoms with E-state index in [1.807, 2.05) is 12.1 Å². The first-order valence-corrected chi connectivity index (χ1v) is 6.95. The number of hydrogen-bond donors (Lipinski definition) is 2. The van der Waals surface area contributed by atoms with E-state index >= 15 is 0 Å². The third-order valence-corrected chi connectivity index (χ3v) is 3.25. The summed E-state index contributed by atoms with van der Waals surface area (Å²) in [6.45, 7) is 0. The molecule has 0 atom stereocenters. The molecule has 0 saturated carbocycles. The van der Waals surface area contributed by atoms with Gasteiger partial charge in [-0.05, 0) is 36.2 Å². The number of aryl methyl sites for hydroxylation is 1. The van der Waals surface area contributed by atoms with Crippen LogP contribution in [-0.4, -0.2) is 18.9 Å². The summed E-state index contributed by atoms with van der Waals surface area (Å²) in [5.74, 6) is -1.06. The average molecular weight is 300 g/mol. The molecule has 22 heavy (non-hydrogen) atoms. The molecule has 0 unspecified atom stereocenters. The zero-order valence-electron chi connectivity index (χ0n) is 12.2. The first-order chi connectivity index (χ1) is 10.6. The number of carbonyl (C=O) groups is 2. The lowest BCUT2D eigenvalue weighted by Gasteiger charge is -2.07. The van der Waals surface area contributed by atoms with Crippen molar-refractivity contribution in [1.82, 2.24) is 5.32 Å². The fourth-order valence-corrected chi connectivity index (χ4v) is 1.98. The molecule has 0 bridgehead atoms. The highest BCUT2D eigenvalue weighted by atomic mass is 19.1. The van der Waals surface area contributed by atoms with E-state index < -0.39 is 11.7 Å². The Morgan fingerprint density at radius 3 is 2.36 bits per heavy atom. The van der Waals surface area contributed by atoms with Crippen molar-refractivity contribution in [2.75, 3.05) is 12.4 Å². The highest BCUT2D eigenvalue weighted by Gasteiger charge is 2.10. The second-order valence-corrected chi connectivity index (χ2v) is 4.80. The van der Waals surface area contributed by atoms with Gasteiger partial charge in [0.25, 0.3) is 5.91 Å². The maximum atomic E-state index is 13.5. The Bertz CT molecular complexity index is 669. The summed E-state index contributed by atoms with van der Waals surface area (Å²) in [7, 11) is 1.60. The van der Waals surface area contributed by atoms with Crippen molar-refractivity contribution in [1.29, 1.82) is 0 Å². The van der Waals surface area contributed by atoms with Crippen molar-refractivity contribution in [2.45, 2.75) is 12.8 Å². The van der Waals surface area contributed by atoms with Crippen LogP contribution in [0.3, 0.4) is 0 Å². The van der Waals surface area contributed by atoms with Crippen LogP contribution < -0.4 is 10.6 Å². The summed E-state index contributed by atoms with van der Waals surface area (Å²) in [5.41, 5.74) is 1.58. The third-order valence-electron chi connectivity index (χ3n) is 3.25. The number of halogens is 1. The summed E-state index contributed by atoms with van der Waals surface area (Å²) >= 11 is 0. The van der Waals surface area contributed by atoms with Gasteiger partial charge in [-0.1, -0.05) is 24.3 Å². The lowest BCUT2D eigenvalue weighted by molar-refractivity contribution is -0.120. The standard InChI is InChI=1S/C17H17FN2O2/c1-19-16(21)11-8-12-6-9-13(10-7-12)20-17(22)14-4-2-3-5-15(14)18/h2-7,9-10H,8,11H2,1H3,(H,19,21)(H,20,22). The van der Waals surface area contributed by atoms with E-state index in [4.69, 9.17) is 0 Å². The van der Waals surface area contributed by atoms with Crippen molar-refractivity contribution in [2.24, 2.45) is 0 Å². The summed E-state index contributed by atoms with van der Waals surface area (Å²) < 4.78 is 13.5. The maximum Gasteiger partial charge on any atom is 0.258 e. The molecule has 2 aromatic carbocycles. The Morgan fingerprint density at radius 1 is 1.05 bits per heavy atom. The van der Waals surface area contributed by atoms with Gasteiger partial charge in [-0.2, -0.15) is 0 Å². The lowest BCUT2D eigenvalue weighted by Crippen LogP contribution is -2.17. The molecule has 0 radical (unpaired) electrons. The van der Waals surface area contributed by atoms with Gasteiger partial charge in [0.15, 0.2) is 0 Å². The quantitative estimate of drug-likeness (QED) is 0.892. The highest BCUT2D eigenvalue weighted by molar-refractivity contribution is 6.04. The van der Waals surface area contributed by atoms with Crippen molar-refractivity contribution < 1.29 is 14.0 Å². The van der Waals surface area contributed by atoms with Gasteiger partial charge in [-0.25, -0.2) is 4.39 Å². The van der Waals surface area contributed by atoms with Gasteiger partial charge in [-0.15, -0.1) is 0 Å². The van der Waals surface area contributed by atoms with Crippen molar-refractivity contribution in [3.8, 4) is 0 Å². The molecule has 2 rings (SSSR count). The normalized spacial score (nSPS) is 10.1. The van der Waals surface area contributed by atoms with Gasteiger partial charge in [0.05, 0.1) is 5.56 Å². The fraction of sp³-hybridized carbons (Fsp3) is 0.176. The number of hydrogen-bond acceptors (Lipinski definition) is 2. The molecule has 0 saturated heterocycles. The van der Waals surface area contributed by atoms with Crippen LogP contribution in [0.2, 0.25) is 0 Å².